The third-order valence-electron chi connectivity index (χ3n) is 4.68. The van der Waals surface area contributed by atoms with Gasteiger partial charge >= 0.3 is 0 Å². The Morgan fingerprint density at radius 3 is 2.69 bits per heavy atom. The highest BCUT2D eigenvalue weighted by Gasteiger charge is 2.27. The fraction of sp³-hybridized carbons (Fsp3) is 0.238. The number of fused-ring (bicyclic) bond motifs is 1. The van der Waals surface area contributed by atoms with Crippen molar-refractivity contribution in [1.29, 1.82) is 10.5 Å². The normalized spacial score (nSPS) is 12.9. The second kappa shape index (κ2) is 6.82. The molecule has 0 fully saturated rings. The maximum absolute atomic E-state index is 12.1. The van der Waals surface area contributed by atoms with Crippen LogP contribution >= 0.6 is 0 Å². The molecule has 0 radical (unpaired) electrons. The lowest BCUT2D eigenvalue weighted by molar-refractivity contribution is 0.606. The molecule has 5 heteroatoms. The number of nitrogens with zero attached hydrogens (tertiary/aromatic N) is 3. The molecular weight excluding hydrogens is 324 g/mol. The molecule has 2 heterocycles. The summed E-state index contributed by atoms with van der Waals surface area (Å²) in [5, 5.41) is 19.8. The molecule has 3 aromatic rings. The number of aryl methyl sites for hydroxylation is 1. The number of H-pyrrole nitrogens is 1. The lowest BCUT2D eigenvalue weighted by Crippen LogP contribution is -2.23. The number of benzene rings is 1. The predicted octanol–water partition coefficient (Wildman–Crippen LogP) is 3.38. The Hall–Kier alpha value is -3.44. The fourth-order valence-electron chi connectivity index (χ4n) is 3.11. The first-order valence-corrected chi connectivity index (χ1v) is 8.42. The lowest BCUT2D eigenvalue weighted by atomic mass is 9.78. The van der Waals surface area contributed by atoms with E-state index in [9.17, 15) is 10.1 Å². The monoisotopic (exact) mass is 342 g/mol. The summed E-state index contributed by atoms with van der Waals surface area (Å²) in [6, 6.07) is 15.5. The third-order valence-corrected chi connectivity index (χ3v) is 4.68. The van der Waals surface area contributed by atoms with Crippen LogP contribution in [0.4, 0.5) is 0 Å². The van der Waals surface area contributed by atoms with E-state index in [1.54, 1.807) is 12.3 Å². The van der Waals surface area contributed by atoms with Gasteiger partial charge in [0.25, 0.3) is 5.56 Å². The van der Waals surface area contributed by atoms with Gasteiger partial charge in [-0.25, -0.2) is 4.98 Å². The number of hydrogen-bond acceptors (Lipinski definition) is 4. The molecule has 26 heavy (non-hydrogen) atoms. The minimum atomic E-state index is -0.789. The summed E-state index contributed by atoms with van der Waals surface area (Å²) in [5.41, 5.74) is 2.61. The van der Waals surface area contributed by atoms with Gasteiger partial charge in [-0.1, -0.05) is 19.1 Å². The van der Waals surface area contributed by atoms with Crippen molar-refractivity contribution in [3.05, 3.63) is 75.3 Å². The molecule has 0 aliphatic rings. The number of aromatic amines is 1. The van der Waals surface area contributed by atoms with E-state index in [1.807, 2.05) is 50.2 Å². The fourth-order valence-corrected chi connectivity index (χ4v) is 3.11. The molecule has 0 aliphatic carbocycles. The standard InChI is InChI=1S/C21H18N4O/c1-3-15-9-16-4-5-17(10-19(16)25-20(15)26)21(2,13-23)11-14-6-7-24-18(8-14)12-22/h4-10H,3,11H2,1-2H3,(H,25,26). The molecule has 0 saturated carbocycles. The molecule has 1 atom stereocenters. The Bertz CT molecular complexity index is 1120. The largest absolute Gasteiger partial charge is 0.322 e. The van der Waals surface area contributed by atoms with Crippen molar-refractivity contribution in [3.63, 3.8) is 0 Å². The van der Waals surface area contributed by atoms with Crippen molar-refractivity contribution in [2.45, 2.75) is 32.1 Å². The molecule has 0 aliphatic heterocycles. The highest BCUT2D eigenvalue weighted by atomic mass is 16.1. The number of nitrogens with one attached hydrogen (secondary N) is 1. The Morgan fingerprint density at radius 2 is 2.00 bits per heavy atom. The van der Waals surface area contributed by atoms with Crippen molar-refractivity contribution in [2.75, 3.05) is 0 Å². The highest BCUT2D eigenvalue weighted by molar-refractivity contribution is 5.80. The van der Waals surface area contributed by atoms with Gasteiger partial charge < -0.3 is 4.98 Å². The summed E-state index contributed by atoms with van der Waals surface area (Å²) in [7, 11) is 0. The molecule has 5 nitrogen and oxygen atoms in total. The number of hydrogen-bond donors (Lipinski definition) is 1. The minimum absolute atomic E-state index is 0.0939. The zero-order valence-corrected chi connectivity index (χ0v) is 14.7. The van der Waals surface area contributed by atoms with E-state index in [0.717, 1.165) is 27.6 Å². The summed E-state index contributed by atoms with van der Waals surface area (Å²) in [4.78, 5) is 19.0. The summed E-state index contributed by atoms with van der Waals surface area (Å²) >= 11 is 0. The van der Waals surface area contributed by atoms with Crippen molar-refractivity contribution in [1.82, 2.24) is 9.97 Å². The number of pyridine rings is 2. The molecule has 3 rings (SSSR count). The van der Waals surface area contributed by atoms with Gasteiger partial charge in [0, 0.05) is 17.3 Å². The van der Waals surface area contributed by atoms with Gasteiger partial charge in [-0.05, 0) is 60.5 Å². The molecule has 2 aromatic heterocycles. The van der Waals surface area contributed by atoms with Gasteiger partial charge in [0.15, 0.2) is 0 Å². The minimum Gasteiger partial charge on any atom is -0.322 e. The number of nitriles is 2. The molecule has 1 unspecified atom stereocenters. The second-order valence-corrected chi connectivity index (χ2v) is 6.56. The van der Waals surface area contributed by atoms with Crippen LogP contribution in [0, 0.1) is 22.7 Å². The average molecular weight is 342 g/mol. The van der Waals surface area contributed by atoms with Crippen molar-refractivity contribution in [2.24, 2.45) is 0 Å². The topological polar surface area (TPSA) is 93.3 Å². The zero-order chi connectivity index (χ0) is 18.7. The molecular formula is C21H18N4O. The lowest BCUT2D eigenvalue weighted by Gasteiger charge is -2.23. The van der Waals surface area contributed by atoms with E-state index in [0.29, 0.717) is 18.5 Å². The first-order chi connectivity index (χ1) is 12.5. The Kier molecular flexibility index (Phi) is 4.56. The smallest absolute Gasteiger partial charge is 0.251 e. The van der Waals surface area contributed by atoms with E-state index in [4.69, 9.17) is 5.26 Å². The van der Waals surface area contributed by atoms with Crippen LogP contribution in [0.3, 0.4) is 0 Å². The summed E-state index contributed by atoms with van der Waals surface area (Å²) in [6.07, 6.45) is 2.70. The van der Waals surface area contributed by atoms with Crippen LogP contribution in [-0.4, -0.2) is 9.97 Å². The second-order valence-electron chi connectivity index (χ2n) is 6.56. The van der Waals surface area contributed by atoms with Gasteiger partial charge in [0.2, 0.25) is 0 Å². The van der Waals surface area contributed by atoms with E-state index in [-0.39, 0.29) is 5.56 Å². The van der Waals surface area contributed by atoms with Crippen LogP contribution in [0.25, 0.3) is 10.9 Å². The van der Waals surface area contributed by atoms with Crippen LogP contribution in [0.1, 0.15) is 36.2 Å². The summed E-state index contributed by atoms with van der Waals surface area (Å²) < 4.78 is 0. The Labute approximate surface area is 151 Å². The molecule has 0 amide bonds. The van der Waals surface area contributed by atoms with Gasteiger partial charge in [0.05, 0.1) is 11.5 Å². The first-order valence-electron chi connectivity index (χ1n) is 8.42. The summed E-state index contributed by atoms with van der Waals surface area (Å²) in [5.74, 6) is 0. The predicted molar refractivity (Wildman–Crippen MR) is 99.6 cm³/mol. The van der Waals surface area contributed by atoms with E-state index in [2.05, 4.69) is 16.0 Å². The van der Waals surface area contributed by atoms with E-state index < -0.39 is 5.41 Å². The summed E-state index contributed by atoms with van der Waals surface area (Å²) in [6.45, 7) is 3.81. The van der Waals surface area contributed by atoms with Crippen LogP contribution < -0.4 is 5.56 Å². The average Bonchev–Trinajstić information content (AvgIpc) is 2.67. The molecule has 0 saturated heterocycles. The van der Waals surface area contributed by atoms with Gasteiger partial charge in [-0.2, -0.15) is 10.5 Å². The molecule has 1 aromatic carbocycles. The van der Waals surface area contributed by atoms with Gasteiger partial charge in [0.1, 0.15) is 11.8 Å². The quantitative estimate of drug-likeness (QED) is 0.786. The number of aromatic nitrogens is 2. The van der Waals surface area contributed by atoms with E-state index >= 15 is 0 Å². The number of rotatable bonds is 4. The molecule has 128 valence electrons. The third kappa shape index (κ3) is 3.20. The maximum atomic E-state index is 12.1. The maximum Gasteiger partial charge on any atom is 0.251 e. The van der Waals surface area contributed by atoms with Crippen molar-refractivity contribution < 1.29 is 0 Å². The molecule has 0 spiro atoms. The first kappa shape index (κ1) is 17.4. The van der Waals surface area contributed by atoms with Crippen molar-refractivity contribution >= 4 is 10.9 Å². The van der Waals surface area contributed by atoms with Crippen LogP contribution in [0.15, 0.2) is 47.4 Å². The van der Waals surface area contributed by atoms with E-state index in [1.165, 1.54) is 0 Å². The Balaban J connectivity index is 2.05. The van der Waals surface area contributed by atoms with Crippen LogP contribution in [0.2, 0.25) is 0 Å². The van der Waals surface area contributed by atoms with Crippen molar-refractivity contribution in [3.8, 4) is 12.1 Å². The zero-order valence-electron chi connectivity index (χ0n) is 14.7. The van der Waals surface area contributed by atoms with Gasteiger partial charge in [-0.15, -0.1) is 0 Å². The molecule has 0 bridgehead atoms. The Morgan fingerprint density at radius 1 is 1.19 bits per heavy atom. The SMILES string of the molecule is CCc1cc2ccc(C(C)(C#N)Cc3ccnc(C#N)c3)cc2[nH]c1=O. The van der Waals surface area contributed by atoms with Crippen LogP contribution in [-0.2, 0) is 18.3 Å². The van der Waals surface area contributed by atoms with Gasteiger partial charge in [-0.3, -0.25) is 4.79 Å². The molecule has 1 N–H and O–H groups in total. The highest BCUT2D eigenvalue weighted by Crippen LogP contribution is 2.29. The van der Waals surface area contributed by atoms with Crippen LogP contribution in [0.5, 0.6) is 0 Å².